The van der Waals surface area contributed by atoms with Crippen molar-refractivity contribution >= 4 is 29.3 Å². The molecule has 114 valence electrons. The van der Waals surface area contributed by atoms with Gasteiger partial charge in [-0.15, -0.1) is 0 Å². The van der Waals surface area contributed by atoms with Crippen LogP contribution in [0.2, 0.25) is 0 Å². The second kappa shape index (κ2) is 6.80. The highest BCUT2D eigenvalue weighted by Crippen LogP contribution is 2.22. The smallest absolute Gasteiger partial charge is 0.329 e. The summed E-state index contributed by atoms with van der Waals surface area (Å²) in [5.74, 6) is -0.476. The summed E-state index contributed by atoms with van der Waals surface area (Å²) in [5.41, 5.74) is 5.79. The van der Waals surface area contributed by atoms with E-state index in [0.717, 1.165) is 6.07 Å². The molecule has 1 amide bonds. The number of nitrogens with two attached hydrogens (primary N) is 1. The van der Waals surface area contributed by atoms with Crippen molar-refractivity contribution in [2.45, 2.75) is 13.0 Å². The molecule has 5 nitrogen and oxygen atoms in total. The van der Waals surface area contributed by atoms with Crippen LogP contribution in [-0.4, -0.2) is 47.5 Å². The maximum absolute atomic E-state index is 13.8. The SMILES string of the molecule is CCOC(=O)C1CSCCN1C(=O)c1cc(N)ccc1F. The number of carbonyl (C=O) groups excluding carboxylic acids is 2. The molecule has 21 heavy (non-hydrogen) atoms. The average Bonchev–Trinajstić information content (AvgIpc) is 2.49. The molecule has 1 aromatic rings. The van der Waals surface area contributed by atoms with Gasteiger partial charge >= 0.3 is 5.97 Å². The second-order valence-corrected chi connectivity index (χ2v) is 5.73. The zero-order valence-electron chi connectivity index (χ0n) is 11.7. The van der Waals surface area contributed by atoms with Crippen LogP contribution in [0.4, 0.5) is 10.1 Å². The van der Waals surface area contributed by atoms with E-state index in [9.17, 15) is 14.0 Å². The van der Waals surface area contributed by atoms with Crippen LogP contribution in [0.15, 0.2) is 18.2 Å². The molecular formula is C14H17FN2O3S. The molecule has 0 radical (unpaired) electrons. The van der Waals surface area contributed by atoms with Gasteiger partial charge in [0, 0.05) is 23.7 Å². The lowest BCUT2D eigenvalue weighted by molar-refractivity contribution is -0.147. The molecule has 1 aliphatic heterocycles. The van der Waals surface area contributed by atoms with Crippen molar-refractivity contribution in [1.82, 2.24) is 4.90 Å². The van der Waals surface area contributed by atoms with Gasteiger partial charge in [-0.1, -0.05) is 0 Å². The highest BCUT2D eigenvalue weighted by molar-refractivity contribution is 7.99. The number of thioether (sulfide) groups is 1. The number of anilines is 1. The van der Waals surface area contributed by atoms with E-state index in [0.29, 0.717) is 23.7 Å². The topological polar surface area (TPSA) is 72.6 Å². The highest BCUT2D eigenvalue weighted by Gasteiger charge is 2.34. The van der Waals surface area contributed by atoms with E-state index in [1.54, 1.807) is 18.7 Å². The summed E-state index contributed by atoms with van der Waals surface area (Å²) >= 11 is 1.57. The fourth-order valence-corrected chi connectivity index (χ4v) is 3.17. The van der Waals surface area contributed by atoms with Crippen LogP contribution in [0.5, 0.6) is 0 Å². The van der Waals surface area contributed by atoms with E-state index in [2.05, 4.69) is 0 Å². The molecule has 2 N–H and O–H groups in total. The molecule has 7 heteroatoms. The summed E-state index contributed by atoms with van der Waals surface area (Å²) in [6.45, 7) is 2.33. The van der Waals surface area contributed by atoms with Gasteiger partial charge in [0.25, 0.3) is 5.91 Å². The number of nitrogen functional groups attached to an aromatic ring is 1. The van der Waals surface area contributed by atoms with Gasteiger partial charge in [-0.05, 0) is 25.1 Å². The Morgan fingerprint density at radius 2 is 2.29 bits per heavy atom. The predicted molar refractivity (Wildman–Crippen MR) is 79.6 cm³/mol. The summed E-state index contributed by atoms with van der Waals surface area (Å²) in [7, 11) is 0. The molecule has 2 rings (SSSR count). The molecule has 1 aromatic carbocycles. The number of amides is 1. The van der Waals surface area contributed by atoms with Gasteiger partial charge in [0.2, 0.25) is 0 Å². The molecule has 1 unspecified atom stereocenters. The largest absolute Gasteiger partial charge is 0.464 e. The number of halogens is 1. The van der Waals surface area contributed by atoms with Gasteiger partial charge in [0.1, 0.15) is 11.9 Å². The minimum Gasteiger partial charge on any atom is -0.464 e. The molecule has 1 aliphatic rings. The Kier molecular flexibility index (Phi) is 5.06. The van der Waals surface area contributed by atoms with E-state index in [4.69, 9.17) is 10.5 Å². The van der Waals surface area contributed by atoms with Gasteiger partial charge in [-0.2, -0.15) is 11.8 Å². The van der Waals surface area contributed by atoms with Gasteiger partial charge in [-0.25, -0.2) is 9.18 Å². The molecule has 0 aliphatic carbocycles. The quantitative estimate of drug-likeness (QED) is 0.677. The van der Waals surface area contributed by atoms with Crippen LogP contribution >= 0.6 is 11.8 Å². The zero-order chi connectivity index (χ0) is 15.4. The van der Waals surface area contributed by atoms with Crippen LogP contribution in [-0.2, 0) is 9.53 Å². The fourth-order valence-electron chi connectivity index (χ4n) is 2.14. The summed E-state index contributed by atoms with van der Waals surface area (Å²) in [6, 6.07) is 3.15. The third-order valence-corrected chi connectivity index (χ3v) is 4.19. The van der Waals surface area contributed by atoms with Crippen molar-refractivity contribution in [2.75, 3.05) is 30.4 Å². The lowest BCUT2D eigenvalue weighted by Gasteiger charge is -2.33. The van der Waals surface area contributed by atoms with Gasteiger partial charge < -0.3 is 15.4 Å². The minimum absolute atomic E-state index is 0.115. The van der Waals surface area contributed by atoms with Crippen LogP contribution < -0.4 is 5.73 Å². The molecule has 0 aromatic heterocycles. The van der Waals surface area contributed by atoms with Crippen LogP contribution in [0.25, 0.3) is 0 Å². The molecule has 1 heterocycles. The number of rotatable bonds is 3. The molecule has 0 saturated carbocycles. The lowest BCUT2D eigenvalue weighted by atomic mass is 10.1. The molecule has 0 bridgehead atoms. The van der Waals surface area contributed by atoms with Crippen molar-refractivity contribution in [2.24, 2.45) is 0 Å². The van der Waals surface area contributed by atoms with Gasteiger partial charge in [0.05, 0.1) is 12.2 Å². The third-order valence-electron chi connectivity index (χ3n) is 3.17. The predicted octanol–water partition coefficient (Wildman–Crippen LogP) is 1.53. The summed E-state index contributed by atoms with van der Waals surface area (Å²) in [6.07, 6.45) is 0. The van der Waals surface area contributed by atoms with E-state index < -0.39 is 23.7 Å². The van der Waals surface area contributed by atoms with E-state index in [-0.39, 0.29) is 12.2 Å². The third kappa shape index (κ3) is 3.47. The first-order chi connectivity index (χ1) is 10.0. The van der Waals surface area contributed by atoms with E-state index >= 15 is 0 Å². The number of hydrogen-bond acceptors (Lipinski definition) is 5. The first-order valence-electron chi connectivity index (χ1n) is 6.65. The van der Waals surface area contributed by atoms with Gasteiger partial charge in [-0.3, -0.25) is 4.79 Å². The Labute approximate surface area is 126 Å². The molecular weight excluding hydrogens is 295 g/mol. The van der Waals surface area contributed by atoms with Crippen molar-refractivity contribution in [3.05, 3.63) is 29.6 Å². The Balaban J connectivity index is 2.26. The monoisotopic (exact) mass is 312 g/mol. The Morgan fingerprint density at radius 1 is 1.52 bits per heavy atom. The number of esters is 1. The highest BCUT2D eigenvalue weighted by atomic mass is 32.2. The van der Waals surface area contributed by atoms with E-state index in [1.807, 2.05) is 0 Å². The first kappa shape index (κ1) is 15.6. The minimum atomic E-state index is -0.683. The number of benzene rings is 1. The van der Waals surface area contributed by atoms with E-state index in [1.165, 1.54) is 17.0 Å². The Bertz CT molecular complexity index is 553. The maximum atomic E-state index is 13.8. The molecule has 1 atom stereocenters. The maximum Gasteiger partial charge on any atom is 0.329 e. The second-order valence-electron chi connectivity index (χ2n) is 4.58. The summed E-state index contributed by atoms with van der Waals surface area (Å²) in [4.78, 5) is 25.8. The molecule has 1 saturated heterocycles. The number of hydrogen-bond donors (Lipinski definition) is 1. The zero-order valence-corrected chi connectivity index (χ0v) is 12.5. The Hall–Kier alpha value is -1.76. The van der Waals surface area contributed by atoms with Crippen LogP contribution in [0, 0.1) is 5.82 Å². The lowest BCUT2D eigenvalue weighted by Crippen LogP contribution is -2.51. The van der Waals surface area contributed by atoms with Crippen molar-refractivity contribution in [1.29, 1.82) is 0 Å². The number of ether oxygens (including phenoxy) is 1. The summed E-state index contributed by atoms with van der Waals surface area (Å²) in [5, 5.41) is 0. The van der Waals surface area contributed by atoms with Crippen molar-refractivity contribution in [3.63, 3.8) is 0 Å². The normalized spacial score (nSPS) is 18.4. The van der Waals surface area contributed by atoms with Crippen molar-refractivity contribution in [3.8, 4) is 0 Å². The fraction of sp³-hybridized carbons (Fsp3) is 0.429. The van der Waals surface area contributed by atoms with Crippen LogP contribution in [0.3, 0.4) is 0 Å². The molecule has 0 spiro atoms. The van der Waals surface area contributed by atoms with Crippen LogP contribution in [0.1, 0.15) is 17.3 Å². The summed E-state index contributed by atoms with van der Waals surface area (Å²) < 4.78 is 18.8. The van der Waals surface area contributed by atoms with Crippen molar-refractivity contribution < 1.29 is 18.7 Å². The van der Waals surface area contributed by atoms with Gasteiger partial charge in [0.15, 0.2) is 0 Å². The first-order valence-corrected chi connectivity index (χ1v) is 7.80. The standard InChI is InChI=1S/C14H17FN2O3S/c1-2-20-14(19)12-8-21-6-5-17(12)13(18)10-7-9(16)3-4-11(10)15/h3-4,7,12H,2,5-6,8,16H2,1H3. The molecule has 1 fully saturated rings. The number of nitrogens with zero attached hydrogens (tertiary/aromatic N) is 1. The average molecular weight is 312 g/mol. The number of carbonyl (C=O) groups is 2. The Morgan fingerprint density at radius 3 is 3.00 bits per heavy atom.